The zero-order valence-corrected chi connectivity index (χ0v) is 17.2. The minimum absolute atomic E-state index is 0.171. The van der Waals surface area contributed by atoms with Crippen LogP contribution in [-0.2, 0) is 4.79 Å². The number of furan rings is 1. The summed E-state index contributed by atoms with van der Waals surface area (Å²) in [6.07, 6.45) is 4.41. The Hall–Kier alpha value is -3.08. The van der Waals surface area contributed by atoms with Crippen molar-refractivity contribution >= 4 is 11.6 Å². The van der Waals surface area contributed by atoms with Crippen molar-refractivity contribution in [1.82, 2.24) is 9.78 Å². The number of fused-ring (bicyclic) bond motifs is 2. The summed E-state index contributed by atoms with van der Waals surface area (Å²) in [5.41, 5.74) is 4.92. The van der Waals surface area contributed by atoms with Gasteiger partial charge in [0.05, 0.1) is 29.5 Å². The Morgan fingerprint density at radius 2 is 1.90 bits per heavy atom. The van der Waals surface area contributed by atoms with Crippen molar-refractivity contribution in [3.05, 3.63) is 77.0 Å². The number of hydrogen-bond donors (Lipinski definition) is 1. The monoisotopic (exact) mass is 387 g/mol. The van der Waals surface area contributed by atoms with Crippen LogP contribution in [0.25, 0.3) is 5.69 Å². The summed E-state index contributed by atoms with van der Waals surface area (Å²) >= 11 is 0. The predicted octanol–water partition coefficient (Wildman–Crippen LogP) is 5.14. The van der Waals surface area contributed by atoms with E-state index in [1.807, 2.05) is 23.7 Å². The number of Topliss-reactive ketones (excluding diaryl/α,β-unsaturated/α-hetero) is 1. The summed E-state index contributed by atoms with van der Waals surface area (Å²) in [5, 5.41) is 8.42. The van der Waals surface area contributed by atoms with Gasteiger partial charge in [-0.15, -0.1) is 0 Å². The Morgan fingerprint density at radius 1 is 1.14 bits per heavy atom. The van der Waals surface area contributed by atoms with Crippen LogP contribution in [-0.4, -0.2) is 15.6 Å². The lowest BCUT2D eigenvalue weighted by atomic mass is 9.68. The Bertz CT molecular complexity index is 1120. The predicted molar refractivity (Wildman–Crippen MR) is 112 cm³/mol. The zero-order valence-electron chi connectivity index (χ0n) is 17.2. The Morgan fingerprint density at radius 3 is 2.59 bits per heavy atom. The number of aromatic nitrogens is 2. The maximum absolute atomic E-state index is 13.2. The lowest BCUT2D eigenvalue weighted by Gasteiger charge is -2.39. The molecule has 2 aliphatic rings. The summed E-state index contributed by atoms with van der Waals surface area (Å²) in [6, 6.07) is 12.2. The highest BCUT2D eigenvalue weighted by Gasteiger charge is 2.47. The average molecular weight is 387 g/mol. The molecule has 3 heterocycles. The van der Waals surface area contributed by atoms with E-state index >= 15 is 0 Å². The number of ketones is 1. The molecule has 3 aromatic rings. The van der Waals surface area contributed by atoms with E-state index < -0.39 is 0 Å². The highest BCUT2D eigenvalue weighted by Crippen LogP contribution is 2.50. The first-order valence-electron chi connectivity index (χ1n) is 10.1. The molecular weight excluding hydrogens is 362 g/mol. The Labute approximate surface area is 170 Å². The molecule has 1 aliphatic heterocycles. The van der Waals surface area contributed by atoms with E-state index in [2.05, 4.69) is 56.4 Å². The molecule has 0 saturated heterocycles. The number of nitrogens with zero attached hydrogens (tertiary/aromatic N) is 2. The van der Waals surface area contributed by atoms with Gasteiger partial charge in [-0.1, -0.05) is 37.6 Å². The quantitative estimate of drug-likeness (QED) is 0.661. The smallest absolute Gasteiger partial charge is 0.143 e. The van der Waals surface area contributed by atoms with Crippen molar-refractivity contribution in [1.29, 1.82) is 0 Å². The molecule has 1 aromatic carbocycles. The largest absolute Gasteiger partial charge is 0.469 e. The van der Waals surface area contributed by atoms with Crippen LogP contribution in [0.2, 0.25) is 0 Å². The van der Waals surface area contributed by atoms with Crippen molar-refractivity contribution in [2.75, 3.05) is 5.32 Å². The molecule has 0 amide bonds. The average Bonchev–Trinajstić information content (AvgIpc) is 3.28. The molecular formula is C24H25N3O2. The first kappa shape index (κ1) is 18.0. The van der Waals surface area contributed by atoms with E-state index in [9.17, 15) is 4.79 Å². The molecule has 29 heavy (non-hydrogen) atoms. The van der Waals surface area contributed by atoms with Gasteiger partial charge in [-0.3, -0.25) is 4.79 Å². The molecule has 0 unspecified atom stereocenters. The minimum Gasteiger partial charge on any atom is -0.469 e. The van der Waals surface area contributed by atoms with E-state index in [0.29, 0.717) is 6.42 Å². The fourth-order valence-corrected chi connectivity index (χ4v) is 4.76. The first-order chi connectivity index (χ1) is 13.8. The molecule has 0 spiro atoms. The maximum Gasteiger partial charge on any atom is 0.143 e. The van der Waals surface area contributed by atoms with Gasteiger partial charge in [0.1, 0.15) is 17.4 Å². The molecule has 0 fully saturated rings. The number of aryl methyl sites for hydroxylation is 2. The van der Waals surface area contributed by atoms with E-state index in [1.165, 1.54) is 5.56 Å². The van der Waals surface area contributed by atoms with Crippen LogP contribution in [0, 0.1) is 25.2 Å². The molecule has 5 nitrogen and oxygen atoms in total. The molecule has 2 atom stereocenters. The topological polar surface area (TPSA) is 60.1 Å². The van der Waals surface area contributed by atoms with Gasteiger partial charge in [-0.05, 0) is 43.5 Å². The van der Waals surface area contributed by atoms with Gasteiger partial charge in [-0.2, -0.15) is 5.10 Å². The molecule has 5 heteroatoms. The van der Waals surface area contributed by atoms with Crippen LogP contribution < -0.4 is 5.32 Å². The van der Waals surface area contributed by atoms with Gasteiger partial charge in [-0.25, -0.2) is 4.68 Å². The van der Waals surface area contributed by atoms with E-state index in [1.54, 1.807) is 6.26 Å². The van der Waals surface area contributed by atoms with Crippen LogP contribution in [0.5, 0.6) is 0 Å². The highest BCUT2D eigenvalue weighted by molar-refractivity contribution is 5.90. The molecule has 148 valence electrons. The SMILES string of the molecule is Cc1ccc(-n2nc(C)c3c2NC2=CC(C)(C)CC(=O)[C@H]2[C@@H]3c2ccco2)cc1. The summed E-state index contributed by atoms with van der Waals surface area (Å²) in [6.45, 7) is 8.29. The third kappa shape index (κ3) is 2.84. The van der Waals surface area contributed by atoms with Gasteiger partial charge in [0, 0.05) is 17.7 Å². The van der Waals surface area contributed by atoms with Crippen LogP contribution in [0.4, 0.5) is 5.82 Å². The maximum atomic E-state index is 13.2. The van der Waals surface area contributed by atoms with E-state index in [4.69, 9.17) is 9.52 Å². The Kier molecular flexibility index (Phi) is 3.85. The molecule has 0 saturated carbocycles. The van der Waals surface area contributed by atoms with Gasteiger partial charge < -0.3 is 9.73 Å². The van der Waals surface area contributed by atoms with E-state index in [-0.39, 0.29) is 23.0 Å². The molecule has 5 rings (SSSR count). The molecule has 0 bridgehead atoms. The number of benzene rings is 1. The molecule has 2 aromatic heterocycles. The van der Waals surface area contributed by atoms with Gasteiger partial charge in [0.25, 0.3) is 0 Å². The number of anilines is 1. The van der Waals surface area contributed by atoms with Crippen LogP contribution in [0.3, 0.4) is 0 Å². The third-order valence-electron chi connectivity index (χ3n) is 6.00. The summed E-state index contributed by atoms with van der Waals surface area (Å²) in [4.78, 5) is 13.2. The van der Waals surface area contributed by atoms with Crippen LogP contribution in [0.1, 0.15) is 48.8 Å². The van der Waals surface area contributed by atoms with Crippen molar-refractivity contribution in [3.63, 3.8) is 0 Å². The van der Waals surface area contributed by atoms with Crippen LogP contribution >= 0.6 is 0 Å². The zero-order chi connectivity index (χ0) is 20.3. The Balaban J connectivity index is 1.75. The standard InChI is InChI=1S/C24H25N3O2/c1-14-7-9-16(10-8-14)27-23-20(15(2)26-27)22(19-6-5-11-29-19)21-17(25-23)12-24(3,4)13-18(21)28/h5-12,21-22,25H,13H2,1-4H3/t21-,22+/m0/s1. The number of carbonyl (C=O) groups is 1. The number of hydrogen-bond acceptors (Lipinski definition) is 4. The van der Waals surface area contributed by atoms with E-state index in [0.717, 1.165) is 34.2 Å². The van der Waals surface area contributed by atoms with Crippen molar-refractivity contribution in [3.8, 4) is 5.69 Å². The minimum atomic E-state index is -0.268. The highest BCUT2D eigenvalue weighted by atomic mass is 16.3. The summed E-state index contributed by atoms with van der Waals surface area (Å²) < 4.78 is 7.77. The van der Waals surface area contributed by atoms with Gasteiger partial charge >= 0.3 is 0 Å². The lowest BCUT2D eigenvalue weighted by Crippen LogP contribution is -2.39. The van der Waals surface area contributed by atoms with Gasteiger partial charge in [0.2, 0.25) is 0 Å². The first-order valence-corrected chi connectivity index (χ1v) is 10.1. The molecule has 1 N–H and O–H groups in total. The second-order valence-electron chi connectivity index (χ2n) is 8.92. The van der Waals surface area contributed by atoms with Crippen molar-refractivity contribution in [2.45, 2.75) is 40.0 Å². The van der Waals surface area contributed by atoms with Crippen molar-refractivity contribution in [2.24, 2.45) is 11.3 Å². The molecule has 0 radical (unpaired) electrons. The molecule has 1 aliphatic carbocycles. The van der Waals surface area contributed by atoms with Crippen molar-refractivity contribution < 1.29 is 9.21 Å². The number of allylic oxidation sites excluding steroid dienone is 2. The second kappa shape index (κ2) is 6.21. The lowest BCUT2D eigenvalue weighted by molar-refractivity contribution is -0.124. The summed E-state index contributed by atoms with van der Waals surface area (Å²) in [5.74, 6) is 1.53. The fourth-order valence-electron chi connectivity index (χ4n) is 4.76. The van der Waals surface area contributed by atoms with Gasteiger partial charge in [0.15, 0.2) is 0 Å². The number of carbonyl (C=O) groups excluding carboxylic acids is 1. The fraction of sp³-hybridized carbons (Fsp3) is 0.333. The van der Waals surface area contributed by atoms with Crippen LogP contribution in [0.15, 0.2) is 58.9 Å². The number of rotatable bonds is 2. The number of nitrogens with one attached hydrogen (secondary N) is 1. The summed E-state index contributed by atoms with van der Waals surface area (Å²) in [7, 11) is 0. The second-order valence-corrected chi connectivity index (χ2v) is 8.92. The third-order valence-corrected chi connectivity index (χ3v) is 6.00. The normalized spacial score (nSPS) is 22.5.